The lowest BCUT2D eigenvalue weighted by Crippen LogP contribution is -1.94. The quantitative estimate of drug-likeness (QED) is 0.518. The van der Waals surface area contributed by atoms with Crippen molar-refractivity contribution >= 4 is 34.8 Å². The summed E-state index contributed by atoms with van der Waals surface area (Å²) in [6.07, 6.45) is 1.50. The van der Waals surface area contributed by atoms with Gasteiger partial charge in [-0.1, -0.05) is 34.8 Å². The second-order valence-electron chi connectivity index (χ2n) is 4.74. The van der Waals surface area contributed by atoms with E-state index in [0.717, 1.165) is 0 Å². The highest BCUT2D eigenvalue weighted by Crippen LogP contribution is 2.31. The van der Waals surface area contributed by atoms with Gasteiger partial charge in [-0.15, -0.1) is 0 Å². The molecule has 0 N–H and O–H groups in total. The van der Waals surface area contributed by atoms with Crippen LogP contribution in [0.25, 0.3) is 0 Å². The van der Waals surface area contributed by atoms with E-state index >= 15 is 0 Å². The number of hydrogen-bond donors (Lipinski definition) is 0. The van der Waals surface area contributed by atoms with Crippen LogP contribution in [0.1, 0.15) is 5.56 Å². The third-order valence-electron chi connectivity index (χ3n) is 2.94. The Morgan fingerprint density at radius 2 is 1.52 bits per heavy atom. The van der Waals surface area contributed by atoms with Crippen LogP contribution in [0.5, 0.6) is 23.3 Å². The highest BCUT2D eigenvalue weighted by molar-refractivity contribution is 6.42. The minimum Gasteiger partial charge on any atom is -0.439 e. The second kappa shape index (κ2) is 7.58. The molecule has 1 aromatic carbocycles. The summed E-state index contributed by atoms with van der Waals surface area (Å²) in [7, 11) is 0. The van der Waals surface area contributed by atoms with Crippen molar-refractivity contribution in [2.24, 2.45) is 0 Å². The topological polar surface area (TPSA) is 68.0 Å². The summed E-state index contributed by atoms with van der Waals surface area (Å²) >= 11 is 17.7. The molecule has 25 heavy (non-hydrogen) atoms. The first-order chi connectivity index (χ1) is 12.0. The van der Waals surface area contributed by atoms with Gasteiger partial charge in [0.05, 0.1) is 21.7 Å². The Bertz CT molecular complexity index is 974. The van der Waals surface area contributed by atoms with E-state index < -0.39 is 0 Å². The van der Waals surface area contributed by atoms with Crippen molar-refractivity contribution in [1.82, 2.24) is 9.97 Å². The van der Waals surface area contributed by atoms with E-state index in [4.69, 9.17) is 44.3 Å². The molecule has 0 aliphatic carbocycles. The van der Waals surface area contributed by atoms with Crippen molar-refractivity contribution in [3.05, 3.63) is 69.4 Å². The van der Waals surface area contributed by atoms with Crippen molar-refractivity contribution < 1.29 is 9.47 Å². The van der Waals surface area contributed by atoms with Gasteiger partial charge in [-0.05, 0) is 18.2 Å². The second-order valence-corrected chi connectivity index (χ2v) is 5.94. The number of benzene rings is 1. The van der Waals surface area contributed by atoms with Gasteiger partial charge >= 0.3 is 0 Å². The average molecular weight is 393 g/mol. The number of hydrogen-bond acceptors (Lipinski definition) is 5. The van der Waals surface area contributed by atoms with Gasteiger partial charge in [-0.25, -0.2) is 4.98 Å². The Hall–Kier alpha value is -2.52. The van der Waals surface area contributed by atoms with Gasteiger partial charge in [0.15, 0.2) is 0 Å². The third kappa shape index (κ3) is 4.52. The number of rotatable bonds is 4. The summed E-state index contributed by atoms with van der Waals surface area (Å²) in [6.45, 7) is 0. The molecule has 0 aliphatic rings. The summed E-state index contributed by atoms with van der Waals surface area (Å²) in [5, 5.41) is 10.2. The van der Waals surface area contributed by atoms with Gasteiger partial charge in [0.1, 0.15) is 16.7 Å². The molecule has 0 saturated carbocycles. The zero-order valence-electron chi connectivity index (χ0n) is 12.4. The lowest BCUT2D eigenvalue weighted by atomic mass is 10.3. The standard InChI is InChI=1S/C17H8Cl3N3O2/c18-13-2-1-11(7-14(13)19)24-16-5-10(9-21)6-17(23-16)25-12-3-4-22-15(20)8-12/h1-8H. The number of nitriles is 1. The van der Waals surface area contributed by atoms with Crippen LogP contribution in [-0.4, -0.2) is 9.97 Å². The molecule has 0 bridgehead atoms. The maximum Gasteiger partial charge on any atom is 0.223 e. The molecular weight excluding hydrogens is 385 g/mol. The number of ether oxygens (including phenoxy) is 2. The van der Waals surface area contributed by atoms with Crippen molar-refractivity contribution in [3.63, 3.8) is 0 Å². The van der Waals surface area contributed by atoms with Crippen molar-refractivity contribution in [2.45, 2.75) is 0 Å². The highest BCUT2D eigenvalue weighted by Gasteiger charge is 2.09. The lowest BCUT2D eigenvalue weighted by Gasteiger charge is -2.09. The fourth-order valence-corrected chi connectivity index (χ4v) is 2.33. The third-order valence-corrected chi connectivity index (χ3v) is 3.89. The van der Waals surface area contributed by atoms with Gasteiger partial charge in [0.2, 0.25) is 11.8 Å². The van der Waals surface area contributed by atoms with Crippen LogP contribution in [0.2, 0.25) is 15.2 Å². The van der Waals surface area contributed by atoms with E-state index in [1.807, 2.05) is 6.07 Å². The van der Waals surface area contributed by atoms with E-state index in [1.165, 1.54) is 24.4 Å². The largest absolute Gasteiger partial charge is 0.439 e. The van der Waals surface area contributed by atoms with Crippen LogP contribution in [0.3, 0.4) is 0 Å². The van der Waals surface area contributed by atoms with Crippen LogP contribution in [0, 0.1) is 11.3 Å². The highest BCUT2D eigenvalue weighted by atomic mass is 35.5. The average Bonchev–Trinajstić information content (AvgIpc) is 2.58. The van der Waals surface area contributed by atoms with Crippen LogP contribution >= 0.6 is 34.8 Å². The predicted octanol–water partition coefficient (Wildman–Crippen LogP) is 5.89. The molecule has 2 aromatic heterocycles. The summed E-state index contributed by atoms with van der Waals surface area (Å²) in [5.41, 5.74) is 0.320. The minimum atomic E-state index is 0.174. The fraction of sp³-hybridized carbons (Fsp3) is 0. The molecule has 0 unspecified atom stereocenters. The number of pyridine rings is 2. The first-order valence-electron chi connectivity index (χ1n) is 6.88. The normalized spacial score (nSPS) is 10.2. The molecule has 0 spiro atoms. The van der Waals surface area contributed by atoms with Crippen LogP contribution in [0.15, 0.2) is 48.7 Å². The monoisotopic (exact) mass is 391 g/mol. The van der Waals surface area contributed by atoms with Gasteiger partial charge in [0, 0.05) is 30.5 Å². The van der Waals surface area contributed by atoms with Gasteiger partial charge in [0.25, 0.3) is 0 Å². The zero-order chi connectivity index (χ0) is 17.8. The Balaban J connectivity index is 1.89. The zero-order valence-corrected chi connectivity index (χ0v) is 14.7. The van der Waals surface area contributed by atoms with Gasteiger partial charge in [-0.2, -0.15) is 10.2 Å². The molecule has 3 aromatic rings. The summed E-state index contributed by atoms with van der Waals surface area (Å²) < 4.78 is 11.2. The Morgan fingerprint density at radius 3 is 2.12 bits per heavy atom. The molecular formula is C17H8Cl3N3O2. The van der Waals surface area contributed by atoms with Crippen molar-refractivity contribution in [1.29, 1.82) is 5.26 Å². The molecule has 124 valence electrons. The van der Waals surface area contributed by atoms with Crippen molar-refractivity contribution in [2.75, 3.05) is 0 Å². The predicted molar refractivity (Wildman–Crippen MR) is 94.8 cm³/mol. The molecule has 5 nitrogen and oxygen atoms in total. The maximum absolute atomic E-state index is 9.18. The fourth-order valence-electron chi connectivity index (χ4n) is 1.88. The smallest absolute Gasteiger partial charge is 0.223 e. The first kappa shape index (κ1) is 17.3. The molecule has 0 amide bonds. The minimum absolute atomic E-state index is 0.174. The molecule has 0 atom stereocenters. The van der Waals surface area contributed by atoms with E-state index in [-0.39, 0.29) is 16.9 Å². The molecule has 0 aliphatic heterocycles. The molecule has 2 heterocycles. The molecule has 8 heteroatoms. The van der Waals surface area contributed by atoms with E-state index in [9.17, 15) is 5.26 Å². The van der Waals surface area contributed by atoms with E-state index in [0.29, 0.717) is 27.1 Å². The number of nitrogens with zero attached hydrogens (tertiary/aromatic N) is 3. The molecule has 0 saturated heterocycles. The molecule has 0 fully saturated rings. The first-order valence-corrected chi connectivity index (χ1v) is 8.01. The summed E-state index contributed by atoms with van der Waals surface area (Å²) in [4.78, 5) is 8.09. The molecule has 0 radical (unpaired) electrons. The maximum atomic E-state index is 9.18. The number of halogens is 3. The Morgan fingerprint density at radius 1 is 0.840 bits per heavy atom. The SMILES string of the molecule is N#Cc1cc(Oc2ccnc(Cl)c2)nc(Oc2ccc(Cl)c(Cl)c2)c1. The number of aromatic nitrogens is 2. The van der Waals surface area contributed by atoms with Crippen LogP contribution < -0.4 is 9.47 Å². The van der Waals surface area contributed by atoms with E-state index in [1.54, 1.807) is 24.3 Å². The van der Waals surface area contributed by atoms with Crippen molar-refractivity contribution in [3.8, 4) is 29.3 Å². The van der Waals surface area contributed by atoms with Gasteiger partial charge in [-0.3, -0.25) is 0 Å². The summed E-state index contributed by atoms with van der Waals surface area (Å²) in [5.74, 6) is 1.21. The van der Waals surface area contributed by atoms with Gasteiger partial charge < -0.3 is 9.47 Å². The van der Waals surface area contributed by atoms with E-state index in [2.05, 4.69) is 9.97 Å². The Kier molecular flexibility index (Phi) is 5.25. The summed E-state index contributed by atoms with van der Waals surface area (Å²) in [6, 6.07) is 12.9. The lowest BCUT2D eigenvalue weighted by molar-refractivity contribution is 0.426. The Labute approximate surface area is 158 Å². The molecule has 3 rings (SSSR count). The van der Waals surface area contributed by atoms with Crippen LogP contribution in [0.4, 0.5) is 0 Å². The van der Waals surface area contributed by atoms with Crippen LogP contribution in [-0.2, 0) is 0 Å².